The number of urea groups is 1. The molecular formula is C18H21N3O3. The molecule has 0 bridgehead atoms. The van der Waals surface area contributed by atoms with E-state index in [1.54, 1.807) is 18.2 Å². The first-order valence-corrected chi connectivity index (χ1v) is 7.79. The normalized spacial score (nSPS) is 13.6. The molecule has 0 saturated carbocycles. The molecule has 2 N–H and O–H groups in total. The van der Waals surface area contributed by atoms with Gasteiger partial charge in [-0.25, -0.2) is 4.79 Å². The monoisotopic (exact) mass is 327 g/mol. The van der Waals surface area contributed by atoms with Crippen molar-refractivity contribution in [2.45, 2.75) is 6.04 Å². The summed E-state index contributed by atoms with van der Waals surface area (Å²) in [6.07, 6.45) is 0. The third kappa shape index (κ3) is 3.78. The number of hydrogen-bond donors (Lipinski definition) is 2. The van der Waals surface area contributed by atoms with E-state index in [2.05, 4.69) is 27.7 Å². The molecule has 3 rings (SSSR count). The third-order valence-corrected chi connectivity index (χ3v) is 3.89. The van der Waals surface area contributed by atoms with Crippen LogP contribution in [0.5, 0.6) is 11.5 Å². The van der Waals surface area contributed by atoms with Gasteiger partial charge < -0.3 is 25.0 Å². The van der Waals surface area contributed by atoms with Crippen molar-refractivity contribution in [1.29, 1.82) is 0 Å². The summed E-state index contributed by atoms with van der Waals surface area (Å²) in [6.45, 7) is 0.722. The molecule has 1 heterocycles. The molecule has 0 saturated heterocycles. The van der Waals surface area contributed by atoms with E-state index in [0.29, 0.717) is 23.7 Å². The Morgan fingerprint density at radius 1 is 1.12 bits per heavy atom. The molecule has 0 aliphatic carbocycles. The molecule has 0 spiro atoms. The van der Waals surface area contributed by atoms with Gasteiger partial charge in [-0.3, -0.25) is 0 Å². The standard InChI is InChI=1S/C18H21N3O3/c1-21(2)15(13-6-4-3-5-7-13)11-19-18(22)20-14-8-9-16-17(10-14)24-12-23-16/h3-10,15H,11-12H2,1-2H3,(H2,19,20,22). The Morgan fingerprint density at radius 2 is 1.88 bits per heavy atom. The van der Waals surface area contributed by atoms with Crippen LogP contribution in [0.15, 0.2) is 48.5 Å². The second-order valence-corrected chi connectivity index (χ2v) is 5.79. The van der Waals surface area contributed by atoms with Crippen LogP contribution >= 0.6 is 0 Å². The molecule has 6 nitrogen and oxygen atoms in total. The Kier molecular flexibility index (Phi) is 4.86. The van der Waals surface area contributed by atoms with Crippen molar-refractivity contribution in [2.75, 3.05) is 32.7 Å². The second-order valence-electron chi connectivity index (χ2n) is 5.79. The van der Waals surface area contributed by atoms with Crippen molar-refractivity contribution in [3.63, 3.8) is 0 Å². The fraction of sp³-hybridized carbons (Fsp3) is 0.278. The highest BCUT2D eigenvalue weighted by atomic mass is 16.7. The van der Waals surface area contributed by atoms with Crippen molar-refractivity contribution in [2.24, 2.45) is 0 Å². The highest BCUT2D eigenvalue weighted by Gasteiger charge is 2.16. The van der Waals surface area contributed by atoms with Gasteiger partial charge in [0.05, 0.1) is 6.04 Å². The number of carbonyl (C=O) groups excluding carboxylic acids is 1. The minimum absolute atomic E-state index is 0.105. The van der Waals surface area contributed by atoms with E-state index in [4.69, 9.17) is 9.47 Å². The zero-order chi connectivity index (χ0) is 16.9. The van der Waals surface area contributed by atoms with E-state index in [0.717, 1.165) is 5.56 Å². The average molecular weight is 327 g/mol. The number of hydrogen-bond acceptors (Lipinski definition) is 4. The van der Waals surface area contributed by atoms with Gasteiger partial charge in [-0.05, 0) is 31.8 Å². The van der Waals surface area contributed by atoms with Gasteiger partial charge in [-0.1, -0.05) is 30.3 Å². The topological polar surface area (TPSA) is 62.8 Å². The highest BCUT2D eigenvalue weighted by molar-refractivity contribution is 5.89. The third-order valence-electron chi connectivity index (χ3n) is 3.89. The minimum Gasteiger partial charge on any atom is -0.454 e. The van der Waals surface area contributed by atoms with Crippen LogP contribution in [0.2, 0.25) is 0 Å². The fourth-order valence-electron chi connectivity index (χ4n) is 2.61. The number of fused-ring (bicyclic) bond motifs is 1. The number of benzene rings is 2. The summed E-state index contributed by atoms with van der Waals surface area (Å²) < 4.78 is 10.6. The van der Waals surface area contributed by atoms with E-state index in [1.807, 2.05) is 32.3 Å². The highest BCUT2D eigenvalue weighted by Crippen LogP contribution is 2.34. The summed E-state index contributed by atoms with van der Waals surface area (Å²) in [5.41, 5.74) is 1.82. The molecule has 0 aromatic heterocycles. The molecule has 1 aliphatic heterocycles. The van der Waals surface area contributed by atoms with Crippen molar-refractivity contribution in [3.05, 3.63) is 54.1 Å². The molecule has 1 unspecified atom stereocenters. The van der Waals surface area contributed by atoms with Crippen molar-refractivity contribution >= 4 is 11.7 Å². The number of rotatable bonds is 5. The van der Waals surface area contributed by atoms with Gasteiger partial charge >= 0.3 is 6.03 Å². The molecule has 2 aromatic rings. The van der Waals surface area contributed by atoms with Crippen LogP contribution < -0.4 is 20.1 Å². The number of nitrogens with one attached hydrogen (secondary N) is 2. The zero-order valence-electron chi connectivity index (χ0n) is 13.8. The molecular weight excluding hydrogens is 306 g/mol. The smallest absolute Gasteiger partial charge is 0.319 e. The molecule has 24 heavy (non-hydrogen) atoms. The number of ether oxygens (including phenoxy) is 2. The summed E-state index contributed by atoms with van der Waals surface area (Å²) in [7, 11) is 3.99. The lowest BCUT2D eigenvalue weighted by molar-refractivity contribution is 0.174. The van der Waals surface area contributed by atoms with Crippen LogP contribution in [0, 0.1) is 0 Å². The van der Waals surface area contributed by atoms with Crippen LogP contribution in [0.25, 0.3) is 0 Å². The summed E-state index contributed by atoms with van der Waals surface area (Å²) in [4.78, 5) is 14.2. The lowest BCUT2D eigenvalue weighted by atomic mass is 10.1. The van der Waals surface area contributed by atoms with Crippen molar-refractivity contribution < 1.29 is 14.3 Å². The molecule has 2 aromatic carbocycles. The van der Waals surface area contributed by atoms with Crippen LogP contribution in [-0.4, -0.2) is 38.4 Å². The van der Waals surface area contributed by atoms with Gasteiger partial charge in [0.15, 0.2) is 11.5 Å². The first kappa shape index (κ1) is 16.1. The Balaban J connectivity index is 1.58. The maximum Gasteiger partial charge on any atom is 0.319 e. The Morgan fingerprint density at radius 3 is 2.62 bits per heavy atom. The molecule has 0 radical (unpaired) electrons. The number of nitrogens with zero attached hydrogens (tertiary/aromatic N) is 1. The molecule has 1 aliphatic rings. The van der Waals surface area contributed by atoms with E-state index < -0.39 is 0 Å². The quantitative estimate of drug-likeness (QED) is 0.886. The van der Waals surface area contributed by atoms with Crippen LogP contribution in [0.3, 0.4) is 0 Å². The SMILES string of the molecule is CN(C)C(CNC(=O)Nc1ccc2c(c1)OCO2)c1ccccc1. The number of carbonyl (C=O) groups is 1. The average Bonchev–Trinajstić information content (AvgIpc) is 3.03. The number of likely N-dealkylation sites (N-methyl/N-ethyl adjacent to an activating group) is 1. The van der Waals surface area contributed by atoms with Gasteiger partial charge in [0, 0.05) is 18.3 Å². The number of anilines is 1. The molecule has 6 heteroatoms. The Labute approximate surface area is 141 Å². The van der Waals surface area contributed by atoms with Gasteiger partial charge in [0.1, 0.15) is 0 Å². The van der Waals surface area contributed by atoms with E-state index in [9.17, 15) is 4.79 Å². The largest absolute Gasteiger partial charge is 0.454 e. The minimum atomic E-state index is -0.253. The number of amides is 2. The predicted molar refractivity (Wildman–Crippen MR) is 92.5 cm³/mol. The van der Waals surface area contributed by atoms with Crippen molar-refractivity contribution in [3.8, 4) is 11.5 Å². The Hall–Kier alpha value is -2.73. The van der Waals surface area contributed by atoms with Crippen LogP contribution in [0.1, 0.15) is 11.6 Å². The molecule has 1 atom stereocenters. The Bertz CT molecular complexity index is 704. The van der Waals surface area contributed by atoms with Gasteiger partial charge in [0.2, 0.25) is 6.79 Å². The summed E-state index contributed by atoms with van der Waals surface area (Å²) >= 11 is 0. The lowest BCUT2D eigenvalue weighted by Gasteiger charge is -2.25. The summed E-state index contributed by atoms with van der Waals surface area (Å²) in [6, 6.07) is 15.3. The second kappa shape index (κ2) is 7.23. The first-order valence-electron chi connectivity index (χ1n) is 7.79. The molecule has 2 amide bonds. The van der Waals surface area contributed by atoms with Crippen molar-refractivity contribution in [1.82, 2.24) is 10.2 Å². The maximum absolute atomic E-state index is 12.2. The van der Waals surface area contributed by atoms with Gasteiger partial charge in [-0.2, -0.15) is 0 Å². The fourth-order valence-corrected chi connectivity index (χ4v) is 2.61. The van der Waals surface area contributed by atoms with E-state index >= 15 is 0 Å². The lowest BCUT2D eigenvalue weighted by Crippen LogP contribution is -2.36. The summed E-state index contributed by atoms with van der Waals surface area (Å²) in [5, 5.41) is 5.73. The predicted octanol–water partition coefficient (Wildman–Crippen LogP) is 2.84. The van der Waals surface area contributed by atoms with E-state index in [-0.39, 0.29) is 18.9 Å². The maximum atomic E-state index is 12.2. The van der Waals surface area contributed by atoms with Gasteiger partial charge in [0.25, 0.3) is 0 Å². The molecule has 0 fully saturated rings. The molecule has 126 valence electrons. The van der Waals surface area contributed by atoms with E-state index in [1.165, 1.54) is 0 Å². The van der Waals surface area contributed by atoms with Gasteiger partial charge in [-0.15, -0.1) is 0 Å². The summed E-state index contributed by atoms with van der Waals surface area (Å²) in [5.74, 6) is 1.33. The first-order chi connectivity index (χ1) is 11.6. The van der Waals surface area contributed by atoms with Crippen LogP contribution in [0.4, 0.5) is 10.5 Å². The zero-order valence-corrected chi connectivity index (χ0v) is 13.8. The van der Waals surface area contributed by atoms with Crippen LogP contribution in [-0.2, 0) is 0 Å².